The van der Waals surface area contributed by atoms with Crippen molar-refractivity contribution in [2.75, 3.05) is 6.54 Å². The predicted octanol–water partition coefficient (Wildman–Crippen LogP) is 3.74. The van der Waals surface area contributed by atoms with Crippen LogP contribution in [0.5, 0.6) is 0 Å². The van der Waals surface area contributed by atoms with E-state index in [4.69, 9.17) is 9.29 Å². The van der Waals surface area contributed by atoms with Gasteiger partial charge < -0.3 is 10.1 Å². The highest BCUT2D eigenvalue weighted by molar-refractivity contribution is 7.85. The van der Waals surface area contributed by atoms with Crippen molar-refractivity contribution in [3.63, 3.8) is 0 Å². The molecule has 7 heteroatoms. The quantitative estimate of drug-likeness (QED) is 0.569. The summed E-state index contributed by atoms with van der Waals surface area (Å²) in [6.07, 6.45) is 6.30. The van der Waals surface area contributed by atoms with Crippen LogP contribution in [-0.2, 0) is 19.6 Å². The van der Waals surface area contributed by atoms with Crippen molar-refractivity contribution in [1.82, 2.24) is 5.32 Å². The molecule has 0 spiro atoms. The molecule has 2 aliphatic rings. The number of hydrogen-bond acceptors (Lipinski definition) is 5. The van der Waals surface area contributed by atoms with Gasteiger partial charge in [0.2, 0.25) is 0 Å². The van der Waals surface area contributed by atoms with Crippen molar-refractivity contribution in [3.8, 4) is 0 Å². The van der Waals surface area contributed by atoms with Crippen molar-refractivity contribution in [2.24, 2.45) is 11.8 Å². The van der Waals surface area contributed by atoms with Crippen molar-refractivity contribution in [3.05, 3.63) is 29.8 Å². The number of rotatable bonds is 2. The van der Waals surface area contributed by atoms with E-state index in [0.717, 1.165) is 30.4 Å². The summed E-state index contributed by atoms with van der Waals surface area (Å²) in [5.41, 5.74) is 0.583. The smallest absolute Gasteiger partial charge is 0.323 e. The molecule has 1 heterocycles. The maximum Gasteiger partial charge on any atom is 0.323 e. The van der Waals surface area contributed by atoms with Gasteiger partial charge in [0, 0.05) is 0 Å². The highest BCUT2D eigenvalue weighted by Gasteiger charge is 2.36. The van der Waals surface area contributed by atoms with Crippen LogP contribution in [0.15, 0.2) is 29.2 Å². The molecule has 3 rings (SSSR count). The number of esters is 1. The summed E-state index contributed by atoms with van der Waals surface area (Å²) in [6, 6.07) is 5.91. The topological polar surface area (TPSA) is 92.7 Å². The third kappa shape index (κ3) is 7.18. The zero-order valence-corrected chi connectivity index (χ0v) is 18.1. The van der Waals surface area contributed by atoms with Gasteiger partial charge in [-0.2, -0.15) is 8.42 Å². The number of carbonyl (C=O) groups excluding carboxylic acids is 1. The summed E-state index contributed by atoms with van der Waals surface area (Å²) in [7, 11) is -4.02. The van der Waals surface area contributed by atoms with Gasteiger partial charge in [-0.05, 0) is 71.0 Å². The molecule has 1 saturated carbocycles. The van der Waals surface area contributed by atoms with Gasteiger partial charge in [0.1, 0.15) is 11.6 Å². The zero-order valence-electron chi connectivity index (χ0n) is 17.3. The first kappa shape index (κ1) is 22.8. The van der Waals surface area contributed by atoms with E-state index in [-0.39, 0.29) is 22.5 Å². The monoisotopic (exact) mass is 411 g/mol. The number of aryl methyl sites for hydroxylation is 1. The number of piperidine rings is 1. The Labute approximate surface area is 168 Å². The zero-order chi connectivity index (χ0) is 20.9. The molecule has 3 unspecified atom stereocenters. The van der Waals surface area contributed by atoms with E-state index in [0.29, 0.717) is 0 Å². The Morgan fingerprint density at radius 1 is 1.11 bits per heavy atom. The van der Waals surface area contributed by atoms with Crippen LogP contribution >= 0.6 is 0 Å². The molecule has 0 amide bonds. The second-order valence-corrected chi connectivity index (χ2v) is 10.2. The van der Waals surface area contributed by atoms with Crippen molar-refractivity contribution >= 4 is 16.1 Å². The van der Waals surface area contributed by atoms with Gasteiger partial charge >= 0.3 is 5.97 Å². The minimum atomic E-state index is -4.02. The molecule has 1 saturated heterocycles. The van der Waals surface area contributed by atoms with Gasteiger partial charge in [-0.3, -0.25) is 9.35 Å². The largest absolute Gasteiger partial charge is 0.459 e. The molecule has 0 bridgehead atoms. The van der Waals surface area contributed by atoms with Gasteiger partial charge in [0.25, 0.3) is 10.1 Å². The Kier molecular flexibility index (Phi) is 7.65. The Hall–Kier alpha value is -1.44. The number of nitrogens with one attached hydrogen (secondary N) is 1. The number of hydrogen-bond donors (Lipinski definition) is 2. The summed E-state index contributed by atoms with van der Waals surface area (Å²) in [4.78, 5) is 11.9. The molecule has 1 aromatic carbocycles. The van der Waals surface area contributed by atoms with Crippen LogP contribution in [0.2, 0.25) is 0 Å². The summed E-state index contributed by atoms with van der Waals surface area (Å²) in [6.45, 7) is 8.62. The molecule has 158 valence electrons. The van der Waals surface area contributed by atoms with E-state index in [1.807, 2.05) is 27.7 Å². The lowest BCUT2D eigenvalue weighted by Gasteiger charge is -2.39. The maximum absolute atomic E-state index is 12.0. The molecule has 1 aliphatic carbocycles. The summed E-state index contributed by atoms with van der Waals surface area (Å²) in [5, 5.41) is 3.37. The maximum atomic E-state index is 12.0. The van der Waals surface area contributed by atoms with Crippen molar-refractivity contribution in [1.29, 1.82) is 0 Å². The molecule has 3 atom stereocenters. The standard InChI is InChI=1S/C14H25NO2.C7H8O3S/c1-14(2,3)17-13(16)12-8-10-6-4-5-7-11(10)9-15-12;1-6-2-4-7(5-3-6)11(8,9)10/h10-12,15H,4-9H2,1-3H3;2-5H,1H3,(H,8,9,10). The number of carbonyl (C=O) groups is 1. The first-order valence-corrected chi connectivity index (χ1v) is 11.4. The Balaban J connectivity index is 0.000000221. The number of fused-ring (bicyclic) bond motifs is 1. The summed E-state index contributed by atoms with van der Waals surface area (Å²) in [5.74, 6) is 1.46. The fourth-order valence-corrected chi connectivity index (χ4v) is 4.29. The molecule has 1 aromatic rings. The van der Waals surface area contributed by atoms with Crippen LogP contribution in [0, 0.1) is 18.8 Å². The van der Waals surface area contributed by atoms with Crippen LogP contribution in [-0.4, -0.2) is 37.1 Å². The lowest BCUT2D eigenvalue weighted by Crippen LogP contribution is -2.50. The number of benzene rings is 1. The fourth-order valence-electron chi connectivity index (χ4n) is 3.81. The van der Waals surface area contributed by atoms with Crippen LogP contribution in [0.4, 0.5) is 0 Å². The third-order valence-electron chi connectivity index (χ3n) is 5.24. The molecule has 0 radical (unpaired) electrons. The normalized spacial score (nSPS) is 25.1. The minimum Gasteiger partial charge on any atom is -0.459 e. The predicted molar refractivity (Wildman–Crippen MR) is 109 cm³/mol. The average molecular weight is 412 g/mol. The lowest BCUT2D eigenvalue weighted by molar-refractivity contribution is -0.159. The van der Waals surface area contributed by atoms with E-state index in [1.165, 1.54) is 37.8 Å². The van der Waals surface area contributed by atoms with Gasteiger partial charge in [0.05, 0.1) is 4.90 Å². The van der Waals surface area contributed by atoms with Gasteiger partial charge in [-0.25, -0.2) is 0 Å². The van der Waals surface area contributed by atoms with Crippen molar-refractivity contribution < 1.29 is 22.5 Å². The second kappa shape index (κ2) is 9.37. The van der Waals surface area contributed by atoms with E-state index >= 15 is 0 Å². The molecule has 6 nitrogen and oxygen atoms in total. The van der Waals surface area contributed by atoms with E-state index in [9.17, 15) is 13.2 Å². The first-order valence-electron chi connectivity index (χ1n) is 9.96. The Morgan fingerprint density at radius 2 is 1.68 bits per heavy atom. The average Bonchev–Trinajstić information content (AvgIpc) is 2.60. The summed E-state index contributed by atoms with van der Waals surface area (Å²) < 4.78 is 35.0. The Morgan fingerprint density at radius 3 is 2.21 bits per heavy atom. The number of ether oxygens (including phenoxy) is 1. The molecular formula is C21H33NO5S. The van der Waals surface area contributed by atoms with Crippen molar-refractivity contribution in [2.45, 2.75) is 76.3 Å². The molecule has 2 fully saturated rings. The Bertz CT molecular complexity index is 752. The molecule has 0 aromatic heterocycles. The second-order valence-electron chi connectivity index (χ2n) is 8.82. The van der Waals surface area contributed by atoms with Gasteiger partial charge in [-0.1, -0.05) is 37.0 Å². The third-order valence-corrected chi connectivity index (χ3v) is 6.11. The van der Waals surface area contributed by atoms with Gasteiger partial charge in [-0.15, -0.1) is 0 Å². The summed E-state index contributed by atoms with van der Waals surface area (Å²) >= 11 is 0. The van der Waals surface area contributed by atoms with Crippen LogP contribution in [0.1, 0.15) is 58.4 Å². The van der Waals surface area contributed by atoms with Crippen LogP contribution in [0.3, 0.4) is 0 Å². The fraction of sp³-hybridized carbons (Fsp3) is 0.667. The highest BCUT2D eigenvalue weighted by Crippen LogP contribution is 2.35. The molecule has 1 aliphatic heterocycles. The molecule has 28 heavy (non-hydrogen) atoms. The minimum absolute atomic E-state index is 0.0666. The first-order chi connectivity index (χ1) is 13.0. The van der Waals surface area contributed by atoms with Crippen LogP contribution in [0.25, 0.3) is 0 Å². The van der Waals surface area contributed by atoms with E-state index in [2.05, 4.69) is 5.32 Å². The SMILES string of the molecule is CC(C)(C)OC(=O)C1CC2CCCCC2CN1.Cc1ccc(S(=O)(=O)O)cc1. The highest BCUT2D eigenvalue weighted by atomic mass is 32.2. The van der Waals surface area contributed by atoms with Crippen LogP contribution < -0.4 is 5.32 Å². The molecular weight excluding hydrogens is 378 g/mol. The van der Waals surface area contributed by atoms with E-state index in [1.54, 1.807) is 12.1 Å². The van der Waals surface area contributed by atoms with Gasteiger partial charge in [0.15, 0.2) is 0 Å². The van der Waals surface area contributed by atoms with E-state index < -0.39 is 10.1 Å². The molecule has 2 N–H and O–H groups in total. The lowest BCUT2D eigenvalue weighted by atomic mass is 9.74.